The van der Waals surface area contributed by atoms with Crippen molar-refractivity contribution in [1.29, 1.82) is 0 Å². The second-order valence-electron chi connectivity index (χ2n) is 5.13. The third-order valence-electron chi connectivity index (χ3n) is 3.26. The number of carbonyl (C=O) groups is 1. The molecular weight excluding hydrogens is 302 g/mol. The fourth-order valence-electron chi connectivity index (χ4n) is 2.13. The van der Waals surface area contributed by atoms with Crippen LogP contribution in [0.15, 0.2) is 48.5 Å². The summed E-state index contributed by atoms with van der Waals surface area (Å²) >= 11 is 0. The van der Waals surface area contributed by atoms with Gasteiger partial charge in [0.25, 0.3) is 0 Å². The minimum absolute atomic E-state index is 0.0561. The van der Waals surface area contributed by atoms with Crippen molar-refractivity contribution < 1.29 is 14.3 Å². The summed E-state index contributed by atoms with van der Waals surface area (Å²) < 4.78 is 11.0. The van der Waals surface area contributed by atoms with Crippen LogP contribution in [0.2, 0.25) is 0 Å². The van der Waals surface area contributed by atoms with E-state index < -0.39 is 0 Å². The molecule has 2 aromatic rings. The average molecular weight is 323 g/mol. The van der Waals surface area contributed by atoms with Gasteiger partial charge < -0.3 is 14.8 Å². The van der Waals surface area contributed by atoms with Crippen LogP contribution < -0.4 is 14.8 Å². The number of terminal acetylenes is 1. The number of anilines is 1. The number of nitrogens with one attached hydrogen (secondary N) is 1. The van der Waals surface area contributed by atoms with Crippen molar-refractivity contribution >= 4 is 11.6 Å². The van der Waals surface area contributed by atoms with Gasteiger partial charge in [-0.3, -0.25) is 4.79 Å². The lowest BCUT2D eigenvalue weighted by atomic mass is 10.2. The molecule has 1 N–H and O–H groups in total. The summed E-state index contributed by atoms with van der Waals surface area (Å²) in [6, 6.07) is 14.7. The molecule has 0 unspecified atom stereocenters. The molecule has 24 heavy (non-hydrogen) atoms. The van der Waals surface area contributed by atoms with Gasteiger partial charge in [-0.15, -0.1) is 6.42 Å². The Labute approximate surface area is 142 Å². The van der Waals surface area contributed by atoms with Gasteiger partial charge in [-0.1, -0.05) is 12.0 Å². The average Bonchev–Trinajstić information content (AvgIpc) is 2.60. The van der Waals surface area contributed by atoms with E-state index in [1.54, 1.807) is 6.07 Å². The van der Waals surface area contributed by atoms with E-state index in [0.29, 0.717) is 31.7 Å². The van der Waals surface area contributed by atoms with Crippen molar-refractivity contribution in [3.63, 3.8) is 0 Å². The van der Waals surface area contributed by atoms with Crippen LogP contribution in [0.5, 0.6) is 11.5 Å². The van der Waals surface area contributed by atoms with Gasteiger partial charge in [-0.05, 0) is 55.8 Å². The molecule has 0 radical (unpaired) electrons. The monoisotopic (exact) mass is 323 g/mol. The Morgan fingerprint density at radius 1 is 1.12 bits per heavy atom. The second-order valence-corrected chi connectivity index (χ2v) is 5.13. The van der Waals surface area contributed by atoms with Gasteiger partial charge in [-0.2, -0.15) is 0 Å². The van der Waals surface area contributed by atoms with Crippen molar-refractivity contribution in [1.82, 2.24) is 0 Å². The van der Waals surface area contributed by atoms with E-state index in [-0.39, 0.29) is 5.91 Å². The van der Waals surface area contributed by atoms with Crippen LogP contribution in [-0.4, -0.2) is 19.1 Å². The molecule has 0 heterocycles. The van der Waals surface area contributed by atoms with Crippen LogP contribution in [0.3, 0.4) is 0 Å². The predicted octanol–water partition coefficient (Wildman–Crippen LogP) is 3.86. The summed E-state index contributed by atoms with van der Waals surface area (Å²) in [4.78, 5) is 11.9. The molecule has 1 amide bonds. The first-order chi connectivity index (χ1) is 11.7. The highest BCUT2D eigenvalue weighted by molar-refractivity contribution is 5.90. The van der Waals surface area contributed by atoms with Crippen LogP contribution >= 0.6 is 0 Å². The third-order valence-corrected chi connectivity index (χ3v) is 3.26. The lowest BCUT2D eigenvalue weighted by molar-refractivity contribution is -0.116. The van der Waals surface area contributed by atoms with Gasteiger partial charge in [0.2, 0.25) is 5.91 Å². The summed E-state index contributed by atoms with van der Waals surface area (Å²) in [5, 5.41) is 2.83. The van der Waals surface area contributed by atoms with Gasteiger partial charge in [0.05, 0.1) is 13.2 Å². The highest BCUT2D eigenvalue weighted by Gasteiger charge is 2.03. The topological polar surface area (TPSA) is 47.6 Å². The van der Waals surface area contributed by atoms with E-state index in [0.717, 1.165) is 17.1 Å². The molecule has 0 aliphatic carbocycles. The van der Waals surface area contributed by atoms with E-state index >= 15 is 0 Å². The number of rotatable bonds is 8. The molecule has 0 atom stereocenters. The quantitative estimate of drug-likeness (QED) is 0.593. The predicted molar refractivity (Wildman–Crippen MR) is 95.3 cm³/mol. The zero-order chi connectivity index (χ0) is 17.2. The van der Waals surface area contributed by atoms with Gasteiger partial charge in [0.1, 0.15) is 11.5 Å². The molecule has 0 aliphatic heterocycles. The Hall–Kier alpha value is -2.93. The summed E-state index contributed by atoms with van der Waals surface area (Å²) in [6.07, 6.45) is 6.36. The molecule has 0 aromatic heterocycles. The zero-order valence-electron chi connectivity index (χ0n) is 13.7. The molecular formula is C20H21NO3. The fraction of sp³-hybridized carbons (Fsp3) is 0.250. The highest BCUT2D eigenvalue weighted by atomic mass is 16.5. The van der Waals surface area contributed by atoms with Gasteiger partial charge >= 0.3 is 0 Å². The Morgan fingerprint density at radius 3 is 2.50 bits per heavy atom. The number of amides is 1. The van der Waals surface area contributed by atoms with Crippen molar-refractivity contribution in [2.75, 3.05) is 18.5 Å². The lowest BCUT2D eigenvalue weighted by Gasteiger charge is -2.08. The van der Waals surface area contributed by atoms with E-state index in [2.05, 4.69) is 11.2 Å². The molecule has 0 saturated carbocycles. The maximum Gasteiger partial charge on any atom is 0.224 e. The van der Waals surface area contributed by atoms with Gasteiger partial charge in [-0.25, -0.2) is 0 Å². The van der Waals surface area contributed by atoms with Crippen LogP contribution in [-0.2, 0) is 4.79 Å². The van der Waals surface area contributed by atoms with Crippen molar-refractivity contribution in [2.24, 2.45) is 0 Å². The Kier molecular flexibility index (Phi) is 6.73. The second kappa shape index (κ2) is 9.26. The smallest absolute Gasteiger partial charge is 0.224 e. The molecule has 2 aromatic carbocycles. The molecule has 0 bridgehead atoms. The molecule has 4 nitrogen and oxygen atoms in total. The van der Waals surface area contributed by atoms with Gasteiger partial charge in [0, 0.05) is 17.7 Å². The van der Waals surface area contributed by atoms with E-state index in [1.165, 1.54) is 0 Å². The molecule has 124 valence electrons. The van der Waals surface area contributed by atoms with Crippen LogP contribution in [0.25, 0.3) is 0 Å². The molecule has 0 fully saturated rings. The van der Waals surface area contributed by atoms with Crippen molar-refractivity contribution in [3.05, 3.63) is 54.1 Å². The van der Waals surface area contributed by atoms with Crippen LogP contribution in [0.4, 0.5) is 5.69 Å². The number of benzene rings is 2. The number of hydrogen-bond acceptors (Lipinski definition) is 3. The highest BCUT2D eigenvalue weighted by Crippen LogP contribution is 2.17. The van der Waals surface area contributed by atoms with E-state index in [9.17, 15) is 4.79 Å². The third kappa shape index (κ3) is 5.69. The first-order valence-electron chi connectivity index (χ1n) is 7.93. The van der Waals surface area contributed by atoms with Crippen molar-refractivity contribution in [2.45, 2.75) is 19.8 Å². The number of hydrogen-bond donors (Lipinski definition) is 1. The Balaban J connectivity index is 1.69. The molecule has 0 spiro atoms. The van der Waals surface area contributed by atoms with Crippen LogP contribution in [0, 0.1) is 12.3 Å². The minimum Gasteiger partial charge on any atom is -0.494 e. The lowest BCUT2D eigenvalue weighted by Crippen LogP contribution is -2.12. The fourth-order valence-corrected chi connectivity index (χ4v) is 2.13. The largest absolute Gasteiger partial charge is 0.494 e. The molecule has 2 rings (SSSR count). The van der Waals surface area contributed by atoms with Crippen molar-refractivity contribution in [3.8, 4) is 23.8 Å². The molecule has 4 heteroatoms. The zero-order valence-corrected chi connectivity index (χ0v) is 13.7. The summed E-state index contributed by atoms with van der Waals surface area (Å²) in [5.41, 5.74) is 1.45. The first-order valence-corrected chi connectivity index (χ1v) is 7.93. The van der Waals surface area contributed by atoms with E-state index in [4.69, 9.17) is 15.9 Å². The normalized spacial score (nSPS) is 9.83. The SMILES string of the molecule is C#Cc1cccc(NC(=O)CCCOc2ccc(OCC)cc2)c1. The van der Waals surface area contributed by atoms with Gasteiger partial charge in [0.15, 0.2) is 0 Å². The van der Waals surface area contributed by atoms with E-state index in [1.807, 2.05) is 49.4 Å². The summed E-state index contributed by atoms with van der Waals surface area (Å²) in [6.45, 7) is 3.06. The standard InChI is InChI=1S/C20H21NO3/c1-3-16-7-5-8-17(15-16)21-20(22)9-6-14-24-19-12-10-18(11-13-19)23-4-2/h1,5,7-8,10-13,15H,4,6,9,14H2,2H3,(H,21,22). The summed E-state index contributed by atoms with van der Waals surface area (Å²) in [5.74, 6) is 4.07. The number of carbonyl (C=O) groups excluding carboxylic acids is 1. The number of ether oxygens (including phenoxy) is 2. The Bertz CT molecular complexity index is 702. The maximum absolute atomic E-state index is 11.9. The summed E-state index contributed by atoms with van der Waals surface area (Å²) in [7, 11) is 0. The molecule has 0 aliphatic rings. The first kappa shape index (κ1) is 17.4. The maximum atomic E-state index is 11.9. The Morgan fingerprint density at radius 2 is 1.83 bits per heavy atom. The minimum atomic E-state index is -0.0561. The molecule has 0 saturated heterocycles. The van der Waals surface area contributed by atoms with Crippen LogP contribution in [0.1, 0.15) is 25.3 Å².